The molecule has 1 aliphatic rings. The van der Waals surface area contributed by atoms with Crippen molar-refractivity contribution in [1.29, 1.82) is 0 Å². The van der Waals surface area contributed by atoms with Crippen molar-refractivity contribution in [3.63, 3.8) is 0 Å². The number of hydrogen-bond donors (Lipinski definition) is 2. The molecule has 0 aromatic carbocycles. The van der Waals surface area contributed by atoms with Crippen molar-refractivity contribution in [3.05, 3.63) is 33.9 Å². The maximum atomic E-state index is 12.2. The molecule has 2 aromatic heterocycles. The zero-order valence-corrected chi connectivity index (χ0v) is 12.1. The van der Waals surface area contributed by atoms with Crippen LogP contribution < -0.4 is 10.9 Å². The summed E-state index contributed by atoms with van der Waals surface area (Å²) >= 11 is 0. The fraction of sp³-hybridized carbons (Fsp3) is 0.600. The molecule has 2 aromatic rings. The molecule has 0 spiro atoms. The van der Waals surface area contributed by atoms with Crippen LogP contribution >= 0.6 is 0 Å². The van der Waals surface area contributed by atoms with Crippen molar-refractivity contribution in [2.24, 2.45) is 0 Å². The number of aromatic nitrogens is 3. The SMILES string of the molecule is CCC(CC)c1cc2nc(C3CCCN3)cc(=O)n2[nH]1. The second kappa shape index (κ2) is 5.40. The van der Waals surface area contributed by atoms with E-state index in [0.29, 0.717) is 5.92 Å². The summed E-state index contributed by atoms with van der Waals surface area (Å²) in [7, 11) is 0. The van der Waals surface area contributed by atoms with Crippen molar-refractivity contribution in [2.45, 2.75) is 51.5 Å². The van der Waals surface area contributed by atoms with Crippen molar-refractivity contribution in [1.82, 2.24) is 19.9 Å². The van der Waals surface area contributed by atoms with Crippen LogP contribution in [0.1, 0.15) is 62.9 Å². The Balaban J connectivity index is 2.04. The molecule has 108 valence electrons. The minimum Gasteiger partial charge on any atom is -0.309 e. The molecule has 3 rings (SSSR count). The zero-order valence-electron chi connectivity index (χ0n) is 12.1. The highest BCUT2D eigenvalue weighted by atomic mass is 16.1. The van der Waals surface area contributed by atoms with Crippen LogP contribution in [0.2, 0.25) is 0 Å². The van der Waals surface area contributed by atoms with Crippen LogP contribution in [0, 0.1) is 0 Å². The number of H-pyrrole nitrogens is 1. The fourth-order valence-corrected chi connectivity index (χ4v) is 3.08. The monoisotopic (exact) mass is 274 g/mol. The highest BCUT2D eigenvalue weighted by molar-refractivity contribution is 5.41. The molecule has 0 amide bonds. The first kappa shape index (κ1) is 13.4. The highest BCUT2D eigenvalue weighted by Gasteiger charge is 2.20. The third kappa shape index (κ3) is 2.26. The third-order valence-electron chi connectivity index (χ3n) is 4.33. The summed E-state index contributed by atoms with van der Waals surface area (Å²) in [6.07, 6.45) is 4.34. The lowest BCUT2D eigenvalue weighted by atomic mass is 10.00. The van der Waals surface area contributed by atoms with Gasteiger partial charge in [0.25, 0.3) is 5.56 Å². The first-order valence-electron chi connectivity index (χ1n) is 7.59. The molecule has 1 unspecified atom stereocenters. The molecule has 1 atom stereocenters. The smallest absolute Gasteiger partial charge is 0.272 e. The predicted molar refractivity (Wildman–Crippen MR) is 79.1 cm³/mol. The van der Waals surface area contributed by atoms with Gasteiger partial charge in [-0.2, -0.15) is 0 Å². The van der Waals surface area contributed by atoms with Gasteiger partial charge in [0.15, 0.2) is 5.65 Å². The molecular weight excluding hydrogens is 252 g/mol. The molecule has 0 saturated carbocycles. The number of nitrogens with one attached hydrogen (secondary N) is 2. The summed E-state index contributed by atoms with van der Waals surface area (Å²) in [6.45, 7) is 5.35. The molecule has 3 heterocycles. The summed E-state index contributed by atoms with van der Waals surface area (Å²) < 4.78 is 1.56. The van der Waals surface area contributed by atoms with Gasteiger partial charge in [-0.25, -0.2) is 9.50 Å². The topological polar surface area (TPSA) is 62.2 Å². The number of rotatable bonds is 4. The fourth-order valence-electron chi connectivity index (χ4n) is 3.08. The van der Waals surface area contributed by atoms with E-state index in [1.54, 1.807) is 10.6 Å². The van der Waals surface area contributed by atoms with Gasteiger partial charge in [-0.1, -0.05) is 13.8 Å². The van der Waals surface area contributed by atoms with E-state index >= 15 is 0 Å². The van der Waals surface area contributed by atoms with Gasteiger partial charge in [-0.3, -0.25) is 9.89 Å². The van der Waals surface area contributed by atoms with Gasteiger partial charge in [0, 0.05) is 29.8 Å². The van der Waals surface area contributed by atoms with Gasteiger partial charge >= 0.3 is 0 Å². The second-order valence-corrected chi connectivity index (χ2v) is 5.59. The number of aromatic amines is 1. The van der Waals surface area contributed by atoms with E-state index in [1.807, 2.05) is 6.07 Å². The largest absolute Gasteiger partial charge is 0.309 e. The molecule has 5 nitrogen and oxygen atoms in total. The van der Waals surface area contributed by atoms with Crippen LogP contribution in [-0.2, 0) is 0 Å². The van der Waals surface area contributed by atoms with E-state index in [4.69, 9.17) is 0 Å². The molecule has 20 heavy (non-hydrogen) atoms. The molecule has 2 N–H and O–H groups in total. The normalized spacial score (nSPS) is 19.2. The lowest BCUT2D eigenvalue weighted by Gasteiger charge is -2.08. The van der Waals surface area contributed by atoms with Crippen molar-refractivity contribution >= 4 is 5.65 Å². The Labute approximate surface area is 118 Å². The maximum absolute atomic E-state index is 12.2. The molecule has 0 aliphatic carbocycles. The van der Waals surface area contributed by atoms with E-state index < -0.39 is 0 Å². The standard InChI is InChI=1S/C15H22N4O/c1-3-10(4-2)12-8-14-17-13(11-6-5-7-16-11)9-15(20)19(14)18-12/h8-11,16,18H,3-7H2,1-2H3. The summed E-state index contributed by atoms with van der Waals surface area (Å²) in [5, 5.41) is 6.60. The second-order valence-electron chi connectivity index (χ2n) is 5.59. The maximum Gasteiger partial charge on any atom is 0.272 e. The van der Waals surface area contributed by atoms with Gasteiger partial charge < -0.3 is 5.32 Å². The Bertz CT molecular complexity index is 647. The van der Waals surface area contributed by atoms with Crippen LogP contribution in [0.25, 0.3) is 5.65 Å². The van der Waals surface area contributed by atoms with Gasteiger partial charge in [0.05, 0.1) is 5.69 Å². The quantitative estimate of drug-likeness (QED) is 0.899. The minimum absolute atomic E-state index is 0.0177. The average Bonchev–Trinajstić information content (AvgIpc) is 3.08. The Morgan fingerprint density at radius 1 is 1.40 bits per heavy atom. The molecule has 1 saturated heterocycles. The summed E-state index contributed by atoms with van der Waals surface area (Å²) in [4.78, 5) is 16.9. The molecule has 5 heteroatoms. The molecule has 0 radical (unpaired) electrons. The van der Waals surface area contributed by atoms with E-state index in [-0.39, 0.29) is 11.6 Å². The molecular formula is C15H22N4O. The Morgan fingerprint density at radius 3 is 2.85 bits per heavy atom. The van der Waals surface area contributed by atoms with E-state index in [2.05, 4.69) is 29.2 Å². The Morgan fingerprint density at radius 2 is 2.20 bits per heavy atom. The molecule has 0 bridgehead atoms. The van der Waals surface area contributed by atoms with Crippen LogP contribution in [0.15, 0.2) is 16.9 Å². The van der Waals surface area contributed by atoms with Gasteiger partial charge in [-0.15, -0.1) is 0 Å². The summed E-state index contributed by atoms with van der Waals surface area (Å²) in [5.74, 6) is 0.462. The van der Waals surface area contributed by atoms with Crippen molar-refractivity contribution in [3.8, 4) is 0 Å². The van der Waals surface area contributed by atoms with Gasteiger partial charge in [-0.05, 0) is 32.2 Å². The number of hydrogen-bond acceptors (Lipinski definition) is 3. The lowest BCUT2D eigenvalue weighted by Crippen LogP contribution is -2.21. The van der Waals surface area contributed by atoms with E-state index in [9.17, 15) is 4.79 Å². The van der Waals surface area contributed by atoms with Crippen LogP contribution in [0.5, 0.6) is 0 Å². The molecule has 1 fully saturated rings. The van der Waals surface area contributed by atoms with Crippen molar-refractivity contribution < 1.29 is 0 Å². The highest BCUT2D eigenvalue weighted by Crippen LogP contribution is 2.24. The van der Waals surface area contributed by atoms with Crippen LogP contribution in [-0.4, -0.2) is 21.1 Å². The van der Waals surface area contributed by atoms with E-state index in [1.165, 1.54) is 0 Å². The first-order valence-corrected chi connectivity index (χ1v) is 7.59. The van der Waals surface area contributed by atoms with Gasteiger partial charge in [0.2, 0.25) is 0 Å². The number of fused-ring (bicyclic) bond motifs is 1. The first-order chi connectivity index (χ1) is 9.72. The lowest BCUT2D eigenvalue weighted by molar-refractivity contribution is 0.611. The van der Waals surface area contributed by atoms with E-state index in [0.717, 1.165) is 49.3 Å². The molecule has 1 aliphatic heterocycles. The predicted octanol–water partition coefficient (Wildman–Crippen LogP) is 2.35. The van der Waals surface area contributed by atoms with Crippen LogP contribution in [0.3, 0.4) is 0 Å². The van der Waals surface area contributed by atoms with Crippen LogP contribution in [0.4, 0.5) is 0 Å². The number of nitrogens with zero attached hydrogens (tertiary/aromatic N) is 2. The average molecular weight is 274 g/mol. The Hall–Kier alpha value is -1.62. The van der Waals surface area contributed by atoms with Crippen molar-refractivity contribution in [2.75, 3.05) is 6.54 Å². The third-order valence-corrected chi connectivity index (χ3v) is 4.33. The summed E-state index contributed by atoms with van der Waals surface area (Å²) in [6, 6.07) is 3.92. The Kier molecular flexibility index (Phi) is 3.61. The zero-order chi connectivity index (χ0) is 14.1. The van der Waals surface area contributed by atoms with Gasteiger partial charge in [0.1, 0.15) is 0 Å². The minimum atomic E-state index is -0.0177. The summed E-state index contributed by atoms with van der Waals surface area (Å²) in [5.41, 5.74) is 2.71.